The number of morpholine rings is 1. The fraction of sp³-hybridized carbons (Fsp3) is 0.304. The van der Waals surface area contributed by atoms with E-state index in [0.717, 1.165) is 16.9 Å². The summed E-state index contributed by atoms with van der Waals surface area (Å²) >= 11 is 0. The number of carbonyl (C=O) groups is 1. The minimum atomic E-state index is -0.00900. The van der Waals surface area contributed by atoms with Gasteiger partial charge in [-0.2, -0.15) is 5.10 Å². The van der Waals surface area contributed by atoms with Crippen molar-refractivity contribution < 1.29 is 14.3 Å². The van der Waals surface area contributed by atoms with Crippen LogP contribution >= 0.6 is 0 Å². The van der Waals surface area contributed by atoms with Crippen molar-refractivity contribution in [3.63, 3.8) is 0 Å². The lowest BCUT2D eigenvalue weighted by molar-refractivity contribution is -0.0123. The van der Waals surface area contributed by atoms with Gasteiger partial charge >= 0.3 is 0 Å². The molecule has 29 heavy (non-hydrogen) atoms. The van der Waals surface area contributed by atoms with Crippen molar-refractivity contribution >= 4 is 5.91 Å². The van der Waals surface area contributed by atoms with Gasteiger partial charge in [-0.15, -0.1) is 0 Å². The Kier molecular flexibility index (Phi) is 5.62. The molecule has 0 aliphatic carbocycles. The first-order valence-corrected chi connectivity index (χ1v) is 9.80. The Morgan fingerprint density at radius 2 is 1.93 bits per heavy atom. The summed E-state index contributed by atoms with van der Waals surface area (Å²) in [6, 6.07) is 17.8. The number of amides is 1. The zero-order valence-electron chi connectivity index (χ0n) is 16.7. The van der Waals surface area contributed by atoms with Crippen LogP contribution in [0.3, 0.4) is 0 Å². The van der Waals surface area contributed by atoms with E-state index in [2.05, 4.69) is 12.1 Å². The number of carbonyl (C=O) groups excluding carboxylic acids is 1. The standard InChI is InChI=1S/C23H25N3O3/c1-17-14-25(12-13-29-17)23(27)21-16-26(15-18-6-4-3-5-7-18)24-22(21)19-8-10-20(28-2)11-9-19/h3-11,16-17H,12-15H2,1-2H3. The summed E-state index contributed by atoms with van der Waals surface area (Å²) in [5, 5.41) is 4.76. The highest BCUT2D eigenvalue weighted by atomic mass is 16.5. The minimum Gasteiger partial charge on any atom is -0.497 e. The molecule has 0 radical (unpaired) electrons. The minimum absolute atomic E-state index is 0.00900. The SMILES string of the molecule is COc1ccc(-c2nn(Cc3ccccc3)cc2C(=O)N2CCOC(C)C2)cc1. The molecule has 0 spiro atoms. The summed E-state index contributed by atoms with van der Waals surface area (Å²) in [5.74, 6) is 0.762. The van der Waals surface area contributed by atoms with Crippen molar-refractivity contribution in [3.8, 4) is 17.0 Å². The molecule has 4 rings (SSSR count). The Balaban J connectivity index is 1.69. The summed E-state index contributed by atoms with van der Waals surface area (Å²) in [6.07, 6.45) is 1.89. The van der Waals surface area contributed by atoms with Gasteiger partial charge in [-0.1, -0.05) is 30.3 Å². The van der Waals surface area contributed by atoms with Crippen molar-refractivity contribution in [1.82, 2.24) is 14.7 Å². The summed E-state index contributed by atoms with van der Waals surface area (Å²) in [6.45, 7) is 4.34. The molecule has 1 fully saturated rings. The number of nitrogens with zero attached hydrogens (tertiary/aromatic N) is 3. The first-order chi connectivity index (χ1) is 14.1. The molecule has 6 nitrogen and oxygen atoms in total. The number of hydrogen-bond donors (Lipinski definition) is 0. The van der Waals surface area contributed by atoms with E-state index >= 15 is 0 Å². The summed E-state index contributed by atoms with van der Waals surface area (Å²) in [4.78, 5) is 15.2. The Morgan fingerprint density at radius 1 is 1.17 bits per heavy atom. The predicted molar refractivity (Wildman–Crippen MR) is 111 cm³/mol. The van der Waals surface area contributed by atoms with Crippen molar-refractivity contribution in [2.24, 2.45) is 0 Å². The van der Waals surface area contributed by atoms with Crippen LogP contribution in [-0.4, -0.2) is 53.5 Å². The average Bonchev–Trinajstić information content (AvgIpc) is 3.17. The van der Waals surface area contributed by atoms with Crippen LogP contribution in [0.25, 0.3) is 11.3 Å². The number of aromatic nitrogens is 2. The molecule has 0 N–H and O–H groups in total. The van der Waals surface area contributed by atoms with Gasteiger partial charge < -0.3 is 14.4 Å². The van der Waals surface area contributed by atoms with Gasteiger partial charge in [-0.3, -0.25) is 9.48 Å². The molecule has 2 aromatic carbocycles. The molecule has 150 valence electrons. The van der Waals surface area contributed by atoms with Gasteiger partial charge in [0.15, 0.2) is 0 Å². The second kappa shape index (κ2) is 8.49. The zero-order valence-corrected chi connectivity index (χ0v) is 16.7. The number of rotatable bonds is 5. The third-order valence-electron chi connectivity index (χ3n) is 5.07. The molecule has 1 saturated heterocycles. The van der Waals surface area contributed by atoms with Gasteiger partial charge in [0.05, 0.1) is 31.9 Å². The van der Waals surface area contributed by atoms with E-state index in [1.807, 2.05) is 65.2 Å². The molecule has 1 aliphatic heterocycles. The van der Waals surface area contributed by atoms with Gasteiger partial charge in [0.25, 0.3) is 5.91 Å². The van der Waals surface area contributed by atoms with Crippen LogP contribution in [0, 0.1) is 0 Å². The summed E-state index contributed by atoms with van der Waals surface area (Å²) in [7, 11) is 1.64. The van der Waals surface area contributed by atoms with Crippen LogP contribution in [-0.2, 0) is 11.3 Å². The molecule has 2 heterocycles. The van der Waals surface area contributed by atoms with Gasteiger partial charge in [-0.05, 0) is 36.8 Å². The van der Waals surface area contributed by atoms with Gasteiger partial charge in [0.1, 0.15) is 11.4 Å². The third-order valence-corrected chi connectivity index (χ3v) is 5.07. The summed E-state index contributed by atoms with van der Waals surface area (Å²) in [5.41, 5.74) is 3.32. The predicted octanol–water partition coefficient (Wildman–Crippen LogP) is 3.47. The van der Waals surface area contributed by atoms with Crippen LogP contribution in [0.5, 0.6) is 5.75 Å². The van der Waals surface area contributed by atoms with Crippen LogP contribution in [0.15, 0.2) is 60.8 Å². The lowest BCUT2D eigenvalue weighted by Crippen LogP contribution is -2.44. The molecule has 1 amide bonds. The second-order valence-corrected chi connectivity index (χ2v) is 7.24. The van der Waals surface area contributed by atoms with Crippen LogP contribution in [0.2, 0.25) is 0 Å². The molecule has 6 heteroatoms. The Hall–Kier alpha value is -3.12. The Labute approximate surface area is 170 Å². The number of ether oxygens (including phenoxy) is 2. The highest BCUT2D eigenvalue weighted by Gasteiger charge is 2.26. The molecule has 0 saturated carbocycles. The smallest absolute Gasteiger partial charge is 0.257 e. The van der Waals surface area contributed by atoms with Crippen molar-refractivity contribution in [1.29, 1.82) is 0 Å². The van der Waals surface area contributed by atoms with Gasteiger partial charge in [0.2, 0.25) is 0 Å². The quantitative estimate of drug-likeness (QED) is 0.668. The lowest BCUT2D eigenvalue weighted by atomic mass is 10.1. The maximum atomic E-state index is 13.3. The molecular formula is C23H25N3O3. The fourth-order valence-corrected chi connectivity index (χ4v) is 3.56. The monoisotopic (exact) mass is 391 g/mol. The number of methoxy groups -OCH3 is 1. The van der Waals surface area contributed by atoms with E-state index in [9.17, 15) is 4.79 Å². The molecule has 1 aliphatic rings. The van der Waals surface area contributed by atoms with E-state index in [4.69, 9.17) is 14.6 Å². The number of benzene rings is 2. The highest BCUT2D eigenvalue weighted by molar-refractivity contribution is 6.00. The van der Waals surface area contributed by atoms with Crippen LogP contribution in [0.1, 0.15) is 22.8 Å². The highest BCUT2D eigenvalue weighted by Crippen LogP contribution is 2.26. The first kappa shape index (κ1) is 19.2. The largest absolute Gasteiger partial charge is 0.497 e. The van der Waals surface area contributed by atoms with Crippen molar-refractivity contribution in [2.45, 2.75) is 19.6 Å². The number of hydrogen-bond acceptors (Lipinski definition) is 4. The van der Waals surface area contributed by atoms with Gasteiger partial charge in [0, 0.05) is 24.8 Å². The lowest BCUT2D eigenvalue weighted by Gasteiger charge is -2.31. The summed E-state index contributed by atoms with van der Waals surface area (Å²) < 4.78 is 12.7. The van der Waals surface area contributed by atoms with E-state index < -0.39 is 0 Å². The van der Waals surface area contributed by atoms with E-state index in [1.165, 1.54) is 0 Å². The first-order valence-electron chi connectivity index (χ1n) is 9.80. The van der Waals surface area contributed by atoms with E-state index in [0.29, 0.717) is 37.5 Å². The average molecular weight is 391 g/mol. The second-order valence-electron chi connectivity index (χ2n) is 7.24. The maximum absolute atomic E-state index is 13.3. The Bertz CT molecular complexity index is 967. The zero-order chi connectivity index (χ0) is 20.2. The molecule has 3 aromatic rings. The van der Waals surface area contributed by atoms with E-state index in [1.54, 1.807) is 7.11 Å². The molecule has 1 unspecified atom stereocenters. The Morgan fingerprint density at radius 3 is 2.62 bits per heavy atom. The topological polar surface area (TPSA) is 56.6 Å². The molecule has 1 atom stereocenters. The fourth-order valence-electron chi connectivity index (χ4n) is 3.56. The van der Waals surface area contributed by atoms with Crippen LogP contribution in [0.4, 0.5) is 0 Å². The van der Waals surface area contributed by atoms with Crippen molar-refractivity contribution in [3.05, 3.63) is 71.9 Å². The normalized spacial score (nSPS) is 16.6. The third kappa shape index (κ3) is 4.32. The molecular weight excluding hydrogens is 366 g/mol. The molecule has 1 aromatic heterocycles. The maximum Gasteiger partial charge on any atom is 0.257 e. The molecule has 0 bridgehead atoms. The van der Waals surface area contributed by atoms with Crippen molar-refractivity contribution in [2.75, 3.05) is 26.8 Å². The van der Waals surface area contributed by atoms with Gasteiger partial charge in [-0.25, -0.2) is 0 Å². The van der Waals surface area contributed by atoms with Crippen LogP contribution < -0.4 is 4.74 Å². The van der Waals surface area contributed by atoms with E-state index in [-0.39, 0.29) is 12.0 Å².